The summed E-state index contributed by atoms with van der Waals surface area (Å²) in [5.74, 6) is -0.0952. The zero-order valence-corrected chi connectivity index (χ0v) is 11.3. The molecule has 0 atom stereocenters. The minimum absolute atomic E-state index is 0.0952. The standard InChI is InChI=1S/C13H21N3O2/c1-4-16(6-7-18-5-2)13(17)11-9-15-10(3)8-12(11)14/h8-9H,4-7H2,1-3H3,(H2,14,15). The number of carbonyl (C=O) groups is 1. The lowest BCUT2D eigenvalue weighted by Crippen LogP contribution is -2.34. The van der Waals surface area contributed by atoms with Crippen LogP contribution in [0.25, 0.3) is 0 Å². The molecule has 18 heavy (non-hydrogen) atoms. The molecular formula is C13H21N3O2. The molecule has 1 aromatic heterocycles. The summed E-state index contributed by atoms with van der Waals surface area (Å²) in [6, 6.07) is 1.71. The molecule has 0 aromatic carbocycles. The van der Waals surface area contributed by atoms with E-state index in [0.29, 0.717) is 37.6 Å². The zero-order valence-electron chi connectivity index (χ0n) is 11.3. The van der Waals surface area contributed by atoms with E-state index in [1.54, 1.807) is 11.0 Å². The van der Waals surface area contributed by atoms with Gasteiger partial charge in [0, 0.05) is 37.3 Å². The minimum Gasteiger partial charge on any atom is -0.398 e. The summed E-state index contributed by atoms with van der Waals surface area (Å²) in [7, 11) is 0. The fraction of sp³-hybridized carbons (Fsp3) is 0.538. The van der Waals surface area contributed by atoms with Gasteiger partial charge in [-0.3, -0.25) is 9.78 Å². The Labute approximate surface area is 108 Å². The third-order valence-corrected chi connectivity index (χ3v) is 2.68. The van der Waals surface area contributed by atoms with E-state index in [4.69, 9.17) is 10.5 Å². The summed E-state index contributed by atoms with van der Waals surface area (Å²) in [4.78, 5) is 18.1. The number of ether oxygens (including phenoxy) is 1. The molecule has 100 valence electrons. The van der Waals surface area contributed by atoms with E-state index in [1.807, 2.05) is 20.8 Å². The number of rotatable bonds is 6. The van der Waals surface area contributed by atoms with E-state index >= 15 is 0 Å². The van der Waals surface area contributed by atoms with Crippen LogP contribution in [0.1, 0.15) is 29.9 Å². The highest BCUT2D eigenvalue weighted by Crippen LogP contribution is 2.14. The first-order valence-electron chi connectivity index (χ1n) is 6.19. The van der Waals surface area contributed by atoms with E-state index in [2.05, 4.69) is 4.98 Å². The molecule has 5 heteroatoms. The smallest absolute Gasteiger partial charge is 0.257 e. The normalized spacial score (nSPS) is 10.4. The van der Waals surface area contributed by atoms with Crippen LogP contribution in [0.3, 0.4) is 0 Å². The molecule has 1 amide bonds. The number of nitrogens with zero attached hydrogens (tertiary/aromatic N) is 2. The number of carbonyl (C=O) groups excluding carboxylic acids is 1. The van der Waals surface area contributed by atoms with Crippen LogP contribution in [0.4, 0.5) is 5.69 Å². The minimum atomic E-state index is -0.0952. The number of aromatic nitrogens is 1. The van der Waals surface area contributed by atoms with E-state index in [-0.39, 0.29) is 5.91 Å². The van der Waals surface area contributed by atoms with Gasteiger partial charge in [0.2, 0.25) is 0 Å². The van der Waals surface area contributed by atoms with Crippen molar-refractivity contribution < 1.29 is 9.53 Å². The van der Waals surface area contributed by atoms with Gasteiger partial charge in [-0.25, -0.2) is 0 Å². The van der Waals surface area contributed by atoms with E-state index in [9.17, 15) is 4.79 Å². The SMILES string of the molecule is CCOCCN(CC)C(=O)c1cnc(C)cc1N. The Morgan fingerprint density at radius 3 is 2.78 bits per heavy atom. The maximum Gasteiger partial charge on any atom is 0.257 e. The van der Waals surface area contributed by atoms with Gasteiger partial charge in [-0.2, -0.15) is 0 Å². The summed E-state index contributed by atoms with van der Waals surface area (Å²) in [5.41, 5.74) is 7.59. The van der Waals surface area contributed by atoms with Gasteiger partial charge in [-0.1, -0.05) is 0 Å². The van der Waals surface area contributed by atoms with Crippen molar-refractivity contribution in [2.75, 3.05) is 32.0 Å². The van der Waals surface area contributed by atoms with Crippen LogP contribution >= 0.6 is 0 Å². The Kier molecular flexibility index (Phi) is 5.58. The average Bonchev–Trinajstić information content (AvgIpc) is 2.34. The molecule has 0 unspecified atom stereocenters. The third-order valence-electron chi connectivity index (χ3n) is 2.68. The Morgan fingerprint density at radius 1 is 1.50 bits per heavy atom. The first kappa shape index (κ1) is 14.4. The van der Waals surface area contributed by atoms with Crippen molar-refractivity contribution in [3.8, 4) is 0 Å². The lowest BCUT2D eigenvalue weighted by atomic mass is 10.2. The summed E-state index contributed by atoms with van der Waals surface area (Å²) in [6.45, 7) is 8.09. The van der Waals surface area contributed by atoms with Crippen LogP contribution < -0.4 is 5.73 Å². The molecule has 0 aliphatic rings. The van der Waals surface area contributed by atoms with Gasteiger partial charge in [-0.15, -0.1) is 0 Å². The number of anilines is 1. The topological polar surface area (TPSA) is 68.5 Å². The van der Waals surface area contributed by atoms with Crippen LogP contribution in [0.5, 0.6) is 0 Å². The number of nitrogen functional groups attached to an aromatic ring is 1. The molecular weight excluding hydrogens is 230 g/mol. The number of hydrogen-bond acceptors (Lipinski definition) is 4. The molecule has 0 saturated carbocycles. The second kappa shape index (κ2) is 6.96. The van der Waals surface area contributed by atoms with Gasteiger partial charge in [0.1, 0.15) is 0 Å². The van der Waals surface area contributed by atoms with E-state index in [1.165, 1.54) is 6.20 Å². The maximum atomic E-state index is 12.3. The maximum absolute atomic E-state index is 12.3. The van der Waals surface area contributed by atoms with E-state index in [0.717, 1.165) is 5.69 Å². The van der Waals surface area contributed by atoms with Crippen LogP contribution in [-0.2, 0) is 4.74 Å². The number of aryl methyl sites for hydroxylation is 1. The van der Waals surface area contributed by atoms with E-state index < -0.39 is 0 Å². The predicted octanol–water partition coefficient (Wildman–Crippen LogP) is 1.47. The highest BCUT2D eigenvalue weighted by molar-refractivity contribution is 5.98. The van der Waals surface area contributed by atoms with Gasteiger partial charge in [0.25, 0.3) is 5.91 Å². The third kappa shape index (κ3) is 3.70. The van der Waals surface area contributed by atoms with Crippen molar-refractivity contribution in [3.05, 3.63) is 23.5 Å². The van der Waals surface area contributed by atoms with Crippen LogP contribution in [-0.4, -0.2) is 42.1 Å². The molecule has 0 radical (unpaired) electrons. The lowest BCUT2D eigenvalue weighted by molar-refractivity contribution is 0.0670. The first-order valence-corrected chi connectivity index (χ1v) is 6.19. The molecule has 0 aliphatic heterocycles. The number of nitrogens with two attached hydrogens (primary N) is 1. The Balaban J connectivity index is 2.76. The highest BCUT2D eigenvalue weighted by Gasteiger charge is 2.16. The van der Waals surface area contributed by atoms with Crippen molar-refractivity contribution in [1.82, 2.24) is 9.88 Å². The fourth-order valence-corrected chi connectivity index (χ4v) is 1.65. The largest absolute Gasteiger partial charge is 0.398 e. The Bertz CT molecular complexity index is 407. The number of amides is 1. The van der Waals surface area contributed by atoms with Gasteiger partial charge in [0.05, 0.1) is 12.2 Å². The molecule has 0 bridgehead atoms. The average molecular weight is 251 g/mol. The van der Waals surface area contributed by atoms with Crippen molar-refractivity contribution in [2.24, 2.45) is 0 Å². The second-order valence-corrected chi connectivity index (χ2v) is 3.99. The molecule has 1 heterocycles. The predicted molar refractivity (Wildman–Crippen MR) is 71.5 cm³/mol. The van der Waals surface area contributed by atoms with Crippen molar-refractivity contribution >= 4 is 11.6 Å². The van der Waals surface area contributed by atoms with Gasteiger partial charge in [0.15, 0.2) is 0 Å². The van der Waals surface area contributed by atoms with Gasteiger partial charge < -0.3 is 15.4 Å². The number of pyridine rings is 1. The van der Waals surface area contributed by atoms with Crippen molar-refractivity contribution in [3.63, 3.8) is 0 Å². The monoisotopic (exact) mass is 251 g/mol. The number of hydrogen-bond donors (Lipinski definition) is 1. The van der Waals surface area contributed by atoms with Crippen LogP contribution in [0.15, 0.2) is 12.3 Å². The summed E-state index contributed by atoms with van der Waals surface area (Å²) in [5, 5.41) is 0. The number of likely N-dealkylation sites (N-methyl/N-ethyl adjacent to an activating group) is 1. The molecule has 0 aliphatic carbocycles. The Morgan fingerprint density at radius 2 is 2.22 bits per heavy atom. The van der Waals surface area contributed by atoms with Crippen molar-refractivity contribution in [2.45, 2.75) is 20.8 Å². The second-order valence-electron chi connectivity index (χ2n) is 3.99. The van der Waals surface area contributed by atoms with Gasteiger partial charge in [-0.05, 0) is 26.8 Å². The Hall–Kier alpha value is -1.62. The molecule has 1 aromatic rings. The molecule has 2 N–H and O–H groups in total. The summed E-state index contributed by atoms with van der Waals surface area (Å²) < 4.78 is 5.26. The lowest BCUT2D eigenvalue weighted by Gasteiger charge is -2.21. The molecule has 5 nitrogen and oxygen atoms in total. The molecule has 0 spiro atoms. The van der Waals surface area contributed by atoms with Gasteiger partial charge >= 0.3 is 0 Å². The quantitative estimate of drug-likeness (QED) is 0.777. The van der Waals surface area contributed by atoms with Crippen LogP contribution in [0, 0.1) is 6.92 Å². The molecule has 1 rings (SSSR count). The molecule has 0 saturated heterocycles. The zero-order chi connectivity index (χ0) is 13.5. The first-order chi connectivity index (χ1) is 8.60. The summed E-state index contributed by atoms with van der Waals surface area (Å²) >= 11 is 0. The molecule has 0 fully saturated rings. The fourth-order valence-electron chi connectivity index (χ4n) is 1.65. The highest BCUT2D eigenvalue weighted by atomic mass is 16.5. The summed E-state index contributed by atoms with van der Waals surface area (Å²) in [6.07, 6.45) is 1.54. The van der Waals surface area contributed by atoms with Crippen molar-refractivity contribution in [1.29, 1.82) is 0 Å². The van der Waals surface area contributed by atoms with Crippen LogP contribution in [0.2, 0.25) is 0 Å².